The van der Waals surface area contributed by atoms with E-state index in [1.165, 1.54) is 12.3 Å². The molecule has 0 amide bonds. The molecule has 0 radical (unpaired) electrons. The summed E-state index contributed by atoms with van der Waals surface area (Å²) in [5, 5.41) is 0. The third-order valence-electron chi connectivity index (χ3n) is 1.77. The molecule has 0 aromatic rings. The zero-order valence-corrected chi connectivity index (χ0v) is 9.08. The Labute approximate surface area is 77.6 Å². The second kappa shape index (κ2) is 8.33. The van der Waals surface area contributed by atoms with Crippen molar-refractivity contribution in [3.8, 4) is 0 Å². The third-order valence-corrected chi connectivity index (χ3v) is 4.01. The van der Waals surface area contributed by atoms with Crippen molar-refractivity contribution in [1.82, 2.24) is 0 Å². The van der Waals surface area contributed by atoms with Crippen molar-refractivity contribution in [2.24, 2.45) is 0 Å². The molecule has 0 aliphatic heterocycles. The average Bonchev–Trinajstić information content (AvgIpc) is 2.11. The third kappa shape index (κ3) is 5.98. The van der Waals surface area contributed by atoms with Gasteiger partial charge >= 0.3 is 0 Å². The number of hydrogen-bond donors (Lipinski definition) is 0. The van der Waals surface area contributed by atoms with Crippen LogP contribution < -0.4 is 0 Å². The molecule has 0 saturated carbocycles. The first-order chi connectivity index (χ1) is 5.85. The second-order valence-electron chi connectivity index (χ2n) is 2.67. The van der Waals surface area contributed by atoms with Crippen molar-refractivity contribution >= 4 is 9.52 Å². The van der Waals surface area contributed by atoms with Crippen LogP contribution in [0.3, 0.4) is 0 Å². The van der Waals surface area contributed by atoms with Gasteiger partial charge < -0.3 is 4.74 Å². The van der Waals surface area contributed by atoms with Gasteiger partial charge in [-0.1, -0.05) is 24.8 Å². The highest BCUT2D eigenvalue weighted by Crippen LogP contribution is 2.08. The summed E-state index contributed by atoms with van der Waals surface area (Å²) in [6.07, 6.45) is 6.62. The van der Waals surface area contributed by atoms with Crippen molar-refractivity contribution in [3.05, 3.63) is 38.2 Å². The number of hydrogen-bond acceptors (Lipinski definition) is 1. The minimum atomic E-state index is -0.0531. The maximum Gasteiger partial charge on any atom is 0.0870 e. The Morgan fingerprint density at radius 3 is 2.42 bits per heavy atom. The van der Waals surface area contributed by atoms with Gasteiger partial charge in [-0.25, -0.2) is 0 Å². The SMILES string of the molecule is C=COCCC[SiH2]C(C=C)C=C. The van der Waals surface area contributed by atoms with E-state index in [9.17, 15) is 0 Å². The van der Waals surface area contributed by atoms with Gasteiger partial charge in [0.15, 0.2) is 0 Å². The molecule has 12 heavy (non-hydrogen) atoms. The van der Waals surface area contributed by atoms with E-state index in [1.807, 2.05) is 12.2 Å². The molecule has 0 aliphatic carbocycles. The maximum atomic E-state index is 5.02. The van der Waals surface area contributed by atoms with Crippen molar-refractivity contribution in [2.75, 3.05) is 6.61 Å². The van der Waals surface area contributed by atoms with Crippen molar-refractivity contribution in [2.45, 2.75) is 18.0 Å². The van der Waals surface area contributed by atoms with E-state index >= 15 is 0 Å². The zero-order valence-electron chi connectivity index (χ0n) is 7.67. The lowest BCUT2D eigenvalue weighted by atomic mass is 10.4. The Bertz CT molecular complexity index is 135. The Balaban J connectivity index is 3.22. The Morgan fingerprint density at radius 1 is 1.25 bits per heavy atom. The highest BCUT2D eigenvalue weighted by Gasteiger charge is 1.98. The van der Waals surface area contributed by atoms with Gasteiger partial charge in [0.1, 0.15) is 0 Å². The summed E-state index contributed by atoms with van der Waals surface area (Å²) in [5.41, 5.74) is 0.591. The standard InChI is InChI=1S/C10H18OSi/c1-4-10(5-2)12-9-7-8-11-6-3/h4-6,10H,1-3,7-9,12H2. The smallest absolute Gasteiger partial charge is 0.0870 e. The summed E-state index contributed by atoms with van der Waals surface area (Å²) in [6, 6.07) is 1.29. The lowest BCUT2D eigenvalue weighted by molar-refractivity contribution is 0.251. The van der Waals surface area contributed by atoms with Gasteiger partial charge in [-0.15, -0.1) is 13.2 Å². The molecule has 0 fully saturated rings. The molecule has 0 heterocycles. The molecule has 0 aliphatic rings. The van der Waals surface area contributed by atoms with E-state index in [1.54, 1.807) is 0 Å². The zero-order chi connectivity index (χ0) is 9.23. The minimum absolute atomic E-state index is 0.0531. The lowest BCUT2D eigenvalue weighted by Crippen LogP contribution is -1.98. The number of ether oxygens (including phenoxy) is 1. The monoisotopic (exact) mass is 182 g/mol. The van der Waals surface area contributed by atoms with Gasteiger partial charge in [0.05, 0.1) is 12.9 Å². The van der Waals surface area contributed by atoms with Crippen LogP contribution in [-0.2, 0) is 4.74 Å². The van der Waals surface area contributed by atoms with Gasteiger partial charge in [0.25, 0.3) is 0 Å². The molecule has 0 rings (SSSR count). The van der Waals surface area contributed by atoms with Gasteiger partial charge in [-0.3, -0.25) is 0 Å². The predicted octanol–water partition coefficient (Wildman–Crippen LogP) is 2.28. The largest absolute Gasteiger partial charge is 0.502 e. The molecule has 0 aromatic carbocycles. The van der Waals surface area contributed by atoms with Crippen LogP contribution in [0, 0.1) is 0 Å². The van der Waals surface area contributed by atoms with E-state index in [0.29, 0.717) is 5.54 Å². The van der Waals surface area contributed by atoms with Crippen LogP contribution in [0.15, 0.2) is 38.2 Å². The molecule has 0 saturated heterocycles. The van der Waals surface area contributed by atoms with Crippen LogP contribution in [0.25, 0.3) is 0 Å². The van der Waals surface area contributed by atoms with Gasteiger partial charge in [0.2, 0.25) is 0 Å². The lowest BCUT2D eigenvalue weighted by Gasteiger charge is -2.04. The number of allylic oxidation sites excluding steroid dienone is 2. The fourth-order valence-electron chi connectivity index (χ4n) is 0.981. The van der Waals surface area contributed by atoms with E-state index in [-0.39, 0.29) is 9.52 Å². The molecule has 0 unspecified atom stereocenters. The molecule has 0 atom stereocenters. The fraction of sp³-hybridized carbons (Fsp3) is 0.400. The Hall–Kier alpha value is -0.763. The number of rotatable bonds is 8. The van der Waals surface area contributed by atoms with Gasteiger partial charge in [0, 0.05) is 9.52 Å². The van der Waals surface area contributed by atoms with Crippen LogP contribution in [0.4, 0.5) is 0 Å². The average molecular weight is 182 g/mol. The van der Waals surface area contributed by atoms with Gasteiger partial charge in [-0.05, 0) is 12.0 Å². The molecular weight excluding hydrogens is 164 g/mol. The van der Waals surface area contributed by atoms with Crippen LogP contribution in [0.5, 0.6) is 0 Å². The maximum absolute atomic E-state index is 5.02. The summed E-state index contributed by atoms with van der Waals surface area (Å²) < 4.78 is 5.02. The molecular formula is C10H18OSi. The summed E-state index contributed by atoms with van der Waals surface area (Å²) in [6.45, 7) is 11.8. The molecule has 68 valence electrons. The van der Waals surface area contributed by atoms with E-state index in [2.05, 4.69) is 19.7 Å². The van der Waals surface area contributed by atoms with Crippen LogP contribution >= 0.6 is 0 Å². The molecule has 0 bridgehead atoms. The highest BCUT2D eigenvalue weighted by atomic mass is 28.2. The summed E-state index contributed by atoms with van der Waals surface area (Å²) in [4.78, 5) is 0. The Morgan fingerprint density at radius 2 is 1.92 bits per heavy atom. The summed E-state index contributed by atoms with van der Waals surface area (Å²) in [5.74, 6) is 0. The highest BCUT2D eigenvalue weighted by molar-refractivity contribution is 6.39. The van der Waals surface area contributed by atoms with Crippen LogP contribution in [-0.4, -0.2) is 16.1 Å². The van der Waals surface area contributed by atoms with Crippen LogP contribution in [0.1, 0.15) is 6.42 Å². The van der Waals surface area contributed by atoms with Crippen molar-refractivity contribution in [3.63, 3.8) is 0 Å². The molecule has 2 heteroatoms. The molecule has 0 N–H and O–H groups in total. The normalized spacial score (nSPS) is 10.4. The molecule has 0 aromatic heterocycles. The van der Waals surface area contributed by atoms with E-state index < -0.39 is 0 Å². The molecule has 0 spiro atoms. The van der Waals surface area contributed by atoms with Crippen molar-refractivity contribution in [1.29, 1.82) is 0 Å². The fourth-order valence-corrected chi connectivity index (χ4v) is 2.42. The quantitative estimate of drug-likeness (QED) is 0.242. The second-order valence-corrected chi connectivity index (χ2v) is 4.90. The topological polar surface area (TPSA) is 9.23 Å². The summed E-state index contributed by atoms with van der Waals surface area (Å²) >= 11 is 0. The van der Waals surface area contributed by atoms with E-state index in [0.717, 1.165) is 13.0 Å². The minimum Gasteiger partial charge on any atom is -0.502 e. The first-order valence-electron chi connectivity index (χ1n) is 4.32. The molecule has 1 nitrogen and oxygen atoms in total. The van der Waals surface area contributed by atoms with Crippen molar-refractivity contribution < 1.29 is 4.74 Å². The van der Waals surface area contributed by atoms with E-state index in [4.69, 9.17) is 4.74 Å². The Kier molecular flexibility index (Phi) is 7.80. The summed E-state index contributed by atoms with van der Waals surface area (Å²) in [7, 11) is -0.0531. The van der Waals surface area contributed by atoms with Crippen LogP contribution in [0.2, 0.25) is 11.6 Å². The van der Waals surface area contributed by atoms with Gasteiger partial charge in [-0.2, -0.15) is 0 Å². The first-order valence-corrected chi connectivity index (χ1v) is 6.14. The first kappa shape index (κ1) is 11.2. The predicted molar refractivity (Wildman–Crippen MR) is 58.3 cm³/mol.